The van der Waals surface area contributed by atoms with Gasteiger partial charge in [0.25, 0.3) is 0 Å². The van der Waals surface area contributed by atoms with Gasteiger partial charge >= 0.3 is 0 Å². The highest BCUT2D eigenvalue weighted by atomic mass is 32.1. The Morgan fingerprint density at radius 1 is 1.46 bits per heavy atom. The fourth-order valence-corrected chi connectivity index (χ4v) is 4.91. The zero-order valence-corrected chi connectivity index (χ0v) is 15.0. The van der Waals surface area contributed by atoms with Crippen LogP contribution in [-0.2, 0) is 20.9 Å². The molecule has 0 bridgehead atoms. The molecule has 0 saturated carbocycles. The van der Waals surface area contributed by atoms with Crippen LogP contribution in [0.5, 0.6) is 0 Å². The number of carbonyl (C=O) groups excluding carboxylic acids is 1. The molecule has 4 heterocycles. The summed E-state index contributed by atoms with van der Waals surface area (Å²) in [6, 6.07) is 0. The van der Waals surface area contributed by atoms with Crippen molar-refractivity contribution in [2.24, 2.45) is 11.8 Å². The highest BCUT2D eigenvalue weighted by Gasteiger charge is 2.42. The number of fused-ring (bicyclic) bond motifs is 1. The lowest BCUT2D eigenvalue weighted by Crippen LogP contribution is -2.42. The Kier molecular flexibility index (Phi) is 4.85. The third-order valence-electron chi connectivity index (χ3n) is 5.31. The number of piperidine rings is 1. The minimum atomic E-state index is 0.0657. The van der Waals surface area contributed by atoms with Gasteiger partial charge in [-0.15, -0.1) is 11.3 Å². The van der Waals surface area contributed by atoms with Gasteiger partial charge in [-0.25, -0.2) is 10.0 Å². The topological polar surface area (TPSA) is 54.9 Å². The molecular weight excluding hydrogens is 326 g/mol. The van der Waals surface area contributed by atoms with Crippen LogP contribution in [0.1, 0.15) is 30.0 Å². The Morgan fingerprint density at radius 2 is 2.38 bits per heavy atom. The Morgan fingerprint density at radius 3 is 3.12 bits per heavy atom. The average Bonchev–Trinajstić information content (AvgIpc) is 3.29. The van der Waals surface area contributed by atoms with Crippen LogP contribution >= 0.6 is 11.3 Å². The predicted molar refractivity (Wildman–Crippen MR) is 90.4 cm³/mol. The fraction of sp³-hybridized carbons (Fsp3) is 0.765. The zero-order valence-electron chi connectivity index (χ0n) is 14.1. The molecule has 0 aliphatic carbocycles. The first-order valence-corrected chi connectivity index (χ1v) is 9.75. The number of nitrogens with zero attached hydrogens (tertiary/aromatic N) is 3. The summed E-state index contributed by atoms with van der Waals surface area (Å²) in [7, 11) is 0. The second kappa shape index (κ2) is 7.07. The van der Waals surface area contributed by atoms with E-state index in [9.17, 15) is 4.79 Å². The normalized spacial score (nSPS) is 30.7. The van der Waals surface area contributed by atoms with Gasteiger partial charge in [-0.2, -0.15) is 0 Å². The van der Waals surface area contributed by atoms with E-state index in [0.717, 1.165) is 51.3 Å². The fourth-order valence-electron chi connectivity index (χ4n) is 4.10. The van der Waals surface area contributed by atoms with Crippen LogP contribution in [0.25, 0.3) is 0 Å². The van der Waals surface area contributed by atoms with Crippen molar-refractivity contribution in [3.63, 3.8) is 0 Å². The number of hydrogen-bond acceptors (Lipinski definition) is 6. The summed E-state index contributed by atoms with van der Waals surface area (Å²) < 4.78 is 5.99. The molecule has 1 aromatic heterocycles. The van der Waals surface area contributed by atoms with Gasteiger partial charge in [0.05, 0.1) is 38.8 Å². The van der Waals surface area contributed by atoms with Gasteiger partial charge in [-0.3, -0.25) is 14.5 Å². The first-order chi connectivity index (χ1) is 11.7. The average molecular weight is 351 g/mol. The van der Waals surface area contributed by atoms with Crippen LogP contribution < -0.4 is 0 Å². The van der Waals surface area contributed by atoms with Crippen molar-refractivity contribution in [1.29, 1.82) is 0 Å². The predicted octanol–water partition coefficient (Wildman–Crippen LogP) is 1.84. The molecule has 6 nitrogen and oxygen atoms in total. The molecule has 3 saturated heterocycles. The number of carbonyl (C=O) groups is 1. The third kappa shape index (κ3) is 3.49. The van der Waals surface area contributed by atoms with E-state index in [2.05, 4.69) is 15.3 Å². The molecule has 3 fully saturated rings. The Bertz CT molecular complexity index is 587. The van der Waals surface area contributed by atoms with Gasteiger partial charge in [-0.1, -0.05) is 0 Å². The molecule has 1 amide bonds. The molecule has 0 radical (unpaired) electrons. The summed E-state index contributed by atoms with van der Waals surface area (Å²) in [6.07, 6.45) is 2.57. The van der Waals surface area contributed by atoms with Crippen molar-refractivity contribution >= 4 is 17.2 Å². The Balaban J connectivity index is 1.30. The summed E-state index contributed by atoms with van der Waals surface area (Å²) in [5.41, 5.74) is 1.11. The lowest BCUT2D eigenvalue weighted by Gasteiger charge is -2.35. The summed E-state index contributed by atoms with van der Waals surface area (Å²) in [4.78, 5) is 24.7. The van der Waals surface area contributed by atoms with Gasteiger partial charge in [-0.05, 0) is 32.2 Å². The molecule has 3 atom stereocenters. The minimum Gasteiger partial charge on any atom is -0.377 e. The van der Waals surface area contributed by atoms with Crippen molar-refractivity contribution in [2.75, 3.05) is 32.8 Å². The lowest BCUT2D eigenvalue weighted by molar-refractivity contribution is -0.171. The molecule has 0 unspecified atom stereocenters. The summed E-state index contributed by atoms with van der Waals surface area (Å²) in [5, 5.41) is 4.84. The van der Waals surface area contributed by atoms with Crippen LogP contribution in [0.3, 0.4) is 0 Å². The van der Waals surface area contributed by atoms with E-state index in [1.165, 1.54) is 10.1 Å². The number of thiazole rings is 1. The van der Waals surface area contributed by atoms with Crippen LogP contribution in [-0.4, -0.2) is 59.8 Å². The number of rotatable bonds is 4. The van der Waals surface area contributed by atoms with Crippen molar-refractivity contribution in [3.05, 3.63) is 16.1 Å². The number of ether oxygens (including phenoxy) is 1. The second-order valence-electron chi connectivity index (χ2n) is 7.09. The van der Waals surface area contributed by atoms with Crippen LogP contribution in [0.4, 0.5) is 0 Å². The van der Waals surface area contributed by atoms with Crippen molar-refractivity contribution in [1.82, 2.24) is 14.9 Å². The molecule has 1 aromatic rings. The van der Waals surface area contributed by atoms with E-state index in [-0.39, 0.29) is 12.0 Å². The number of aryl methyl sites for hydroxylation is 1. The zero-order chi connectivity index (χ0) is 16.5. The number of hydroxylamine groups is 2. The molecule has 0 spiro atoms. The summed E-state index contributed by atoms with van der Waals surface area (Å²) >= 11 is 1.74. The van der Waals surface area contributed by atoms with Crippen molar-refractivity contribution in [3.8, 4) is 0 Å². The summed E-state index contributed by atoms with van der Waals surface area (Å²) in [5.74, 6) is 1.13. The van der Waals surface area contributed by atoms with E-state index >= 15 is 0 Å². The molecule has 0 N–H and O–H groups in total. The highest BCUT2D eigenvalue weighted by molar-refractivity contribution is 7.09. The standard InChI is InChI=1S/C17H25N3O3S/c1-12-11-24-16(18-12)9-19-5-3-14-13(8-19)10-22-15(14)7-17(21)20-4-2-6-23-20/h11,13-15H,2-10H2,1H3/t13-,14-,15+/m1/s1. The lowest BCUT2D eigenvalue weighted by atomic mass is 9.83. The number of hydrogen-bond donors (Lipinski definition) is 0. The number of likely N-dealkylation sites (tertiary alicyclic amines) is 1. The molecule has 0 aromatic carbocycles. The van der Waals surface area contributed by atoms with Gasteiger partial charge in [0.1, 0.15) is 5.01 Å². The van der Waals surface area contributed by atoms with Crippen molar-refractivity contribution in [2.45, 2.75) is 38.8 Å². The first kappa shape index (κ1) is 16.4. The molecule has 4 rings (SSSR count). The van der Waals surface area contributed by atoms with Crippen molar-refractivity contribution < 1.29 is 14.4 Å². The molecule has 24 heavy (non-hydrogen) atoms. The molecular formula is C17H25N3O3S. The van der Waals surface area contributed by atoms with Gasteiger partial charge in [0.15, 0.2) is 0 Å². The SMILES string of the molecule is Cc1csc(CN2CC[C@@H]3[C@@H](CO[C@H]3CC(=O)N3CCCO3)C2)n1. The molecule has 7 heteroatoms. The molecule has 3 aliphatic rings. The third-order valence-corrected chi connectivity index (χ3v) is 6.26. The maximum absolute atomic E-state index is 12.3. The largest absolute Gasteiger partial charge is 0.377 e. The van der Waals surface area contributed by atoms with E-state index in [0.29, 0.717) is 24.9 Å². The number of amides is 1. The molecule has 3 aliphatic heterocycles. The smallest absolute Gasteiger partial charge is 0.248 e. The van der Waals surface area contributed by atoms with E-state index < -0.39 is 0 Å². The first-order valence-electron chi connectivity index (χ1n) is 8.87. The quantitative estimate of drug-likeness (QED) is 0.829. The van der Waals surface area contributed by atoms with Gasteiger partial charge in [0.2, 0.25) is 5.91 Å². The maximum atomic E-state index is 12.3. The molecule has 132 valence electrons. The highest BCUT2D eigenvalue weighted by Crippen LogP contribution is 2.36. The van der Waals surface area contributed by atoms with E-state index in [1.807, 2.05) is 6.92 Å². The van der Waals surface area contributed by atoms with Gasteiger partial charge < -0.3 is 4.74 Å². The second-order valence-corrected chi connectivity index (χ2v) is 8.03. The van der Waals surface area contributed by atoms with Gasteiger partial charge in [0, 0.05) is 23.5 Å². The van der Waals surface area contributed by atoms with Crippen LogP contribution in [0.15, 0.2) is 5.38 Å². The Hall–Kier alpha value is -1.02. The Labute approximate surface area is 146 Å². The monoisotopic (exact) mass is 351 g/mol. The van der Waals surface area contributed by atoms with E-state index in [1.54, 1.807) is 11.3 Å². The van der Waals surface area contributed by atoms with Crippen LogP contribution in [0, 0.1) is 18.8 Å². The minimum absolute atomic E-state index is 0.0657. The summed E-state index contributed by atoms with van der Waals surface area (Å²) in [6.45, 7) is 7.25. The number of aromatic nitrogens is 1. The maximum Gasteiger partial charge on any atom is 0.248 e. The van der Waals surface area contributed by atoms with Crippen LogP contribution in [0.2, 0.25) is 0 Å². The van der Waals surface area contributed by atoms with E-state index in [4.69, 9.17) is 9.57 Å².